The third kappa shape index (κ3) is 3.79. The van der Waals surface area contributed by atoms with E-state index in [9.17, 15) is 9.59 Å². The van der Waals surface area contributed by atoms with E-state index in [0.717, 1.165) is 11.2 Å². The van der Waals surface area contributed by atoms with E-state index in [1.165, 1.54) is 5.39 Å². The van der Waals surface area contributed by atoms with Crippen LogP contribution in [0.1, 0.15) is 6.42 Å². The number of aromatic nitrogens is 1. The Labute approximate surface area is 157 Å². The second-order valence-corrected chi connectivity index (χ2v) is 6.71. The van der Waals surface area contributed by atoms with Crippen LogP contribution < -0.4 is 15.5 Å². The molecular weight excluding hydrogens is 340 g/mol. The van der Waals surface area contributed by atoms with Gasteiger partial charge in [-0.1, -0.05) is 36.4 Å². The van der Waals surface area contributed by atoms with Gasteiger partial charge in [0.1, 0.15) is 0 Å². The van der Waals surface area contributed by atoms with Crippen LogP contribution in [0.2, 0.25) is 0 Å². The second-order valence-electron chi connectivity index (χ2n) is 6.71. The van der Waals surface area contributed by atoms with Gasteiger partial charge in [0, 0.05) is 43.5 Å². The molecule has 2 heterocycles. The number of carbonyl (C=O) groups excluding carboxylic acids is 2. The summed E-state index contributed by atoms with van der Waals surface area (Å²) in [5.41, 5.74) is 2.02. The highest BCUT2D eigenvalue weighted by molar-refractivity contribution is 5.96. The maximum absolute atomic E-state index is 12.2. The zero-order valence-corrected chi connectivity index (χ0v) is 15.0. The molecule has 27 heavy (non-hydrogen) atoms. The lowest BCUT2D eigenvalue weighted by Gasteiger charge is -2.17. The largest absolute Gasteiger partial charge is 0.346 e. The topological polar surface area (TPSA) is 66.4 Å². The summed E-state index contributed by atoms with van der Waals surface area (Å²) in [6, 6.07) is 19.3. The molecule has 0 radical (unpaired) electrons. The van der Waals surface area contributed by atoms with Gasteiger partial charge in [-0.05, 0) is 29.7 Å². The van der Waals surface area contributed by atoms with Gasteiger partial charge in [0.15, 0.2) is 0 Å². The third-order valence-corrected chi connectivity index (χ3v) is 4.85. The van der Waals surface area contributed by atoms with E-state index in [-0.39, 0.29) is 18.0 Å². The Hall–Kier alpha value is -3.28. The number of anilines is 1. The van der Waals surface area contributed by atoms with Crippen LogP contribution in [-0.2, 0) is 11.3 Å². The zero-order chi connectivity index (χ0) is 18.6. The van der Waals surface area contributed by atoms with Crippen molar-refractivity contribution in [3.8, 4) is 0 Å². The molecule has 6 heteroatoms. The number of para-hydroxylation sites is 2. The lowest BCUT2D eigenvalue weighted by atomic mass is 10.2. The van der Waals surface area contributed by atoms with E-state index in [1.54, 1.807) is 4.90 Å². The fourth-order valence-electron chi connectivity index (χ4n) is 3.52. The average Bonchev–Trinajstić information content (AvgIpc) is 3.26. The standard InChI is InChI=1S/C21H22N4O2/c26-20-14-17(15-25(20)18-7-2-1-3-8-18)23-21(27)22-11-13-24-12-10-16-6-4-5-9-19(16)24/h1-10,12,17H,11,13-15H2,(H2,22,23,27)/t17-/m1/s1. The van der Waals surface area contributed by atoms with Gasteiger partial charge in [-0.15, -0.1) is 0 Å². The average molecular weight is 362 g/mol. The van der Waals surface area contributed by atoms with Crippen LogP contribution in [0.25, 0.3) is 10.9 Å². The minimum atomic E-state index is -0.237. The molecule has 3 amide bonds. The Morgan fingerprint density at radius 1 is 1.04 bits per heavy atom. The highest BCUT2D eigenvalue weighted by atomic mass is 16.2. The second kappa shape index (κ2) is 7.53. The summed E-state index contributed by atoms with van der Waals surface area (Å²) in [6.45, 7) is 1.72. The van der Waals surface area contributed by atoms with Crippen LogP contribution in [0.3, 0.4) is 0 Å². The van der Waals surface area contributed by atoms with Gasteiger partial charge in [0.25, 0.3) is 0 Å². The summed E-state index contributed by atoms with van der Waals surface area (Å²) < 4.78 is 2.12. The molecule has 1 atom stereocenters. The van der Waals surface area contributed by atoms with Crippen molar-refractivity contribution >= 4 is 28.5 Å². The maximum Gasteiger partial charge on any atom is 0.315 e. The Bertz CT molecular complexity index is 951. The van der Waals surface area contributed by atoms with Crippen LogP contribution in [0, 0.1) is 0 Å². The predicted octanol–water partition coefficient (Wildman–Crippen LogP) is 2.75. The Kier molecular flexibility index (Phi) is 4.78. The van der Waals surface area contributed by atoms with Crippen molar-refractivity contribution in [2.75, 3.05) is 18.0 Å². The van der Waals surface area contributed by atoms with Crippen LogP contribution >= 0.6 is 0 Å². The van der Waals surface area contributed by atoms with Gasteiger partial charge < -0.3 is 20.1 Å². The van der Waals surface area contributed by atoms with Crippen molar-refractivity contribution in [1.29, 1.82) is 0 Å². The van der Waals surface area contributed by atoms with E-state index < -0.39 is 0 Å². The van der Waals surface area contributed by atoms with Crippen LogP contribution in [0.15, 0.2) is 66.9 Å². The molecule has 0 spiro atoms. The van der Waals surface area contributed by atoms with Gasteiger partial charge in [-0.25, -0.2) is 4.79 Å². The number of fused-ring (bicyclic) bond motifs is 1. The molecule has 1 saturated heterocycles. The summed E-state index contributed by atoms with van der Waals surface area (Å²) in [5.74, 6) is 0.0327. The summed E-state index contributed by atoms with van der Waals surface area (Å²) in [6.07, 6.45) is 2.35. The molecule has 1 aliphatic rings. The van der Waals surface area contributed by atoms with E-state index in [2.05, 4.69) is 33.4 Å². The molecular formula is C21H22N4O2. The number of carbonyl (C=O) groups is 2. The lowest BCUT2D eigenvalue weighted by molar-refractivity contribution is -0.117. The lowest BCUT2D eigenvalue weighted by Crippen LogP contribution is -2.44. The smallest absolute Gasteiger partial charge is 0.315 e. The summed E-state index contributed by atoms with van der Waals surface area (Å²) >= 11 is 0. The molecule has 1 aromatic heterocycles. The highest BCUT2D eigenvalue weighted by Gasteiger charge is 2.31. The molecule has 1 aliphatic heterocycles. The van der Waals surface area contributed by atoms with Crippen molar-refractivity contribution < 1.29 is 9.59 Å². The first-order valence-corrected chi connectivity index (χ1v) is 9.14. The SMILES string of the molecule is O=C(NCCn1ccc2ccccc21)N[C@@H]1CC(=O)N(c2ccccc2)C1. The molecule has 0 saturated carbocycles. The minimum Gasteiger partial charge on any atom is -0.346 e. The van der Waals surface area contributed by atoms with Crippen LogP contribution in [0.5, 0.6) is 0 Å². The third-order valence-electron chi connectivity index (χ3n) is 4.85. The van der Waals surface area contributed by atoms with Crippen molar-refractivity contribution in [3.05, 3.63) is 66.9 Å². The highest BCUT2D eigenvalue weighted by Crippen LogP contribution is 2.21. The molecule has 1 fully saturated rings. The number of amides is 3. The Balaban J connectivity index is 1.27. The molecule has 6 nitrogen and oxygen atoms in total. The Morgan fingerprint density at radius 2 is 1.81 bits per heavy atom. The molecule has 0 unspecified atom stereocenters. The first-order valence-electron chi connectivity index (χ1n) is 9.14. The minimum absolute atomic E-state index is 0.0327. The molecule has 3 aromatic rings. The van der Waals surface area contributed by atoms with Crippen molar-refractivity contribution in [2.45, 2.75) is 19.0 Å². The summed E-state index contributed by atoms with van der Waals surface area (Å²) in [4.78, 5) is 26.1. The first-order chi connectivity index (χ1) is 13.2. The fourth-order valence-corrected chi connectivity index (χ4v) is 3.52. The zero-order valence-electron chi connectivity index (χ0n) is 15.0. The van der Waals surface area contributed by atoms with Gasteiger partial charge in [0.05, 0.1) is 6.04 Å². The number of hydrogen-bond acceptors (Lipinski definition) is 2. The number of nitrogens with one attached hydrogen (secondary N) is 2. The van der Waals surface area contributed by atoms with Gasteiger partial charge >= 0.3 is 6.03 Å². The molecule has 0 aliphatic carbocycles. The molecule has 2 aromatic carbocycles. The van der Waals surface area contributed by atoms with Gasteiger partial charge in [-0.2, -0.15) is 0 Å². The molecule has 2 N–H and O–H groups in total. The number of urea groups is 1. The number of rotatable bonds is 5. The van der Waals surface area contributed by atoms with Gasteiger partial charge in [0.2, 0.25) is 5.91 Å². The van der Waals surface area contributed by atoms with Crippen molar-refractivity contribution in [2.24, 2.45) is 0 Å². The number of benzene rings is 2. The fraction of sp³-hybridized carbons (Fsp3) is 0.238. The predicted molar refractivity (Wildman–Crippen MR) is 106 cm³/mol. The monoisotopic (exact) mass is 362 g/mol. The van der Waals surface area contributed by atoms with Crippen LogP contribution in [0.4, 0.5) is 10.5 Å². The normalized spacial score (nSPS) is 16.7. The number of nitrogens with zero attached hydrogens (tertiary/aromatic N) is 2. The maximum atomic E-state index is 12.2. The quantitative estimate of drug-likeness (QED) is 0.733. The first kappa shape index (κ1) is 17.1. The molecule has 0 bridgehead atoms. The van der Waals surface area contributed by atoms with E-state index in [4.69, 9.17) is 0 Å². The van der Waals surface area contributed by atoms with Crippen molar-refractivity contribution in [1.82, 2.24) is 15.2 Å². The van der Waals surface area contributed by atoms with E-state index >= 15 is 0 Å². The number of hydrogen-bond donors (Lipinski definition) is 2. The van der Waals surface area contributed by atoms with E-state index in [1.807, 2.05) is 48.7 Å². The molecule has 4 rings (SSSR count). The van der Waals surface area contributed by atoms with Crippen molar-refractivity contribution in [3.63, 3.8) is 0 Å². The summed E-state index contributed by atoms with van der Waals surface area (Å²) in [7, 11) is 0. The van der Waals surface area contributed by atoms with Gasteiger partial charge in [-0.3, -0.25) is 4.79 Å². The van der Waals surface area contributed by atoms with E-state index in [0.29, 0.717) is 26.1 Å². The Morgan fingerprint density at radius 3 is 2.67 bits per heavy atom. The summed E-state index contributed by atoms with van der Waals surface area (Å²) in [5, 5.41) is 6.97. The molecule has 138 valence electrons. The van der Waals surface area contributed by atoms with Crippen LogP contribution in [-0.4, -0.2) is 35.6 Å².